The third-order valence-electron chi connectivity index (χ3n) is 1.97. The van der Waals surface area contributed by atoms with E-state index in [1.54, 1.807) is 0 Å². The van der Waals surface area contributed by atoms with Crippen LogP contribution >= 0.6 is 0 Å². The maximum absolute atomic E-state index is 8.51. The van der Waals surface area contributed by atoms with Crippen LogP contribution in [0.15, 0.2) is 0 Å². The summed E-state index contributed by atoms with van der Waals surface area (Å²) in [5.41, 5.74) is 0. The molecule has 1 aliphatic rings. The van der Waals surface area contributed by atoms with Gasteiger partial charge in [0.1, 0.15) is 18.8 Å². The second-order valence-corrected chi connectivity index (χ2v) is 3.09. The monoisotopic (exact) mass is 184 g/mol. The van der Waals surface area contributed by atoms with Gasteiger partial charge in [-0.05, 0) is 13.3 Å². The molecular formula is C10H16O3. The maximum atomic E-state index is 8.51. The quantitative estimate of drug-likeness (QED) is 0.513. The van der Waals surface area contributed by atoms with E-state index in [0.29, 0.717) is 0 Å². The van der Waals surface area contributed by atoms with Gasteiger partial charge in [0.2, 0.25) is 0 Å². The lowest BCUT2D eigenvalue weighted by atomic mass is 10.2. The predicted molar refractivity (Wildman–Crippen MR) is 49.2 cm³/mol. The molecule has 0 saturated carbocycles. The Labute approximate surface area is 79.0 Å². The first-order valence-electron chi connectivity index (χ1n) is 4.64. The molecule has 3 nitrogen and oxygen atoms in total. The van der Waals surface area contributed by atoms with Crippen molar-refractivity contribution >= 4 is 0 Å². The Balaban J connectivity index is 2.29. The summed E-state index contributed by atoms with van der Waals surface area (Å²) in [6, 6.07) is 0. The Morgan fingerprint density at radius 2 is 2.38 bits per heavy atom. The van der Waals surface area contributed by atoms with Crippen molar-refractivity contribution in [3.05, 3.63) is 0 Å². The zero-order valence-corrected chi connectivity index (χ0v) is 8.12. The van der Waals surface area contributed by atoms with Crippen molar-refractivity contribution in [2.24, 2.45) is 0 Å². The molecule has 0 aromatic rings. The van der Waals surface area contributed by atoms with Gasteiger partial charge in [0.25, 0.3) is 0 Å². The molecule has 1 rings (SSSR count). The topological polar surface area (TPSA) is 42.0 Å². The Kier molecular flexibility index (Phi) is 4.23. The van der Waals surface area contributed by atoms with Gasteiger partial charge in [-0.1, -0.05) is 18.8 Å². The Morgan fingerprint density at radius 1 is 1.69 bits per heavy atom. The van der Waals surface area contributed by atoms with E-state index in [4.69, 9.17) is 14.6 Å². The minimum atomic E-state index is -0.103. The minimum absolute atomic E-state index is 0.0775. The summed E-state index contributed by atoms with van der Waals surface area (Å²) in [7, 11) is 0. The number of hydrogen-bond acceptors (Lipinski definition) is 3. The van der Waals surface area contributed by atoms with Crippen LogP contribution in [-0.2, 0) is 9.47 Å². The molecule has 0 amide bonds. The molecule has 0 radical (unpaired) electrons. The van der Waals surface area contributed by atoms with Gasteiger partial charge in [0.05, 0.1) is 12.7 Å². The molecular weight excluding hydrogens is 168 g/mol. The summed E-state index contributed by atoms with van der Waals surface area (Å²) in [6.45, 7) is 4.69. The highest BCUT2D eigenvalue weighted by atomic mass is 16.6. The number of hydrogen-bond donors (Lipinski definition) is 1. The summed E-state index contributed by atoms with van der Waals surface area (Å²) in [5, 5.41) is 8.51. The van der Waals surface area contributed by atoms with Crippen molar-refractivity contribution in [3.8, 4) is 11.8 Å². The second-order valence-electron chi connectivity index (χ2n) is 3.09. The van der Waals surface area contributed by atoms with Crippen LogP contribution in [0.3, 0.4) is 0 Å². The fourth-order valence-electron chi connectivity index (χ4n) is 1.07. The van der Waals surface area contributed by atoms with E-state index in [9.17, 15) is 0 Å². The number of aliphatic hydroxyl groups is 1. The molecule has 3 atom stereocenters. The lowest BCUT2D eigenvalue weighted by molar-refractivity contribution is 0.0116. The zero-order valence-electron chi connectivity index (χ0n) is 8.12. The third kappa shape index (κ3) is 3.77. The smallest absolute Gasteiger partial charge is 0.118 e. The molecule has 1 saturated heterocycles. The molecule has 0 bridgehead atoms. The van der Waals surface area contributed by atoms with E-state index < -0.39 is 0 Å². The van der Waals surface area contributed by atoms with Crippen LogP contribution < -0.4 is 0 Å². The van der Waals surface area contributed by atoms with Crippen LogP contribution in [0.25, 0.3) is 0 Å². The summed E-state index contributed by atoms with van der Waals surface area (Å²) >= 11 is 0. The number of aliphatic hydroxyl groups excluding tert-OH is 1. The highest BCUT2D eigenvalue weighted by Crippen LogP contribution is 2.18. The van der Waals surface area contributed by atoms with Crippen molar-refractivity contribution in [3.63, 3.8) is 0 Å². The van der Waals surface area contributed by atoms with E-state index in [1.807, 2.05) is 13.8 Å². The standard InChI is InChI=1S/C10H16O3/c1-3-9(5-4-6-11)13-8(2)10-7-12-10/h8-11H,3,6-7H2,1-2H3/t8-,9?,10+/m1/s1. The van der Waals surface area contributed by atoms with Gasteiger partial charge in [-0.3, -0.25) is 0 Å². The van der Waals surface area contributed by atoms with Crippen molar-refractivity contribution in [1.82, 2.24) is 0 Å². The fraction of sp³-hybridized carbons (Fsp3) is 0.800. The number of rotatable bonds is 4. The maximum Gasteiger partial charge on any atom is 0.118 e. The van der Waals surface area contributed by atoms with Crippen molar-refractivity contribution in [2.45, 2.75) is 38.6 Å². The number of ether oxygens (including phenoxy) is 2. The molecule has 1 N–H and O–H groups in total. The summed E-state index contributed by atoms with van der Waals surface area (Å²) < 4.78 is 10.7. The average molecular weight is 184 g/mol. The number of epoxide rings is 1. The van der Waals surface area contributed by atoms with Crippen molar-refractivity contribution in [2.75, 3.05) is 13.2 Å². The van der Waals surface area contributed by atoms with Gasteiger partial charge >= 0.3 is 0 Å². The summed E-state index contributed by atoms with van der Waals surface area (Å²) in [6.07, 6.45) is 1.12. The summed E-state index contributed by atoms with van der Waals surface area (Å²) in [4.78, 5) is 0. The van der Waals surface area contributed by atoms with E-state index in [-0.39, 0.29) is 24.9 Å². The largest absolute Gasteiger partial charge is 0.384 e. The van der Waals surface area contributed by atoms with Gasteiger partial charge in [-0.15, -0.1) is 0 Å². The molecule has 1 aliphatic heterocycles. The van der Waals surface area contributed by atoms with Gasteiger partial charge in [-0.25, -0.2) is 0 Å². The van der Waals surface area contributed by atoms with Crippen molar-refractivity contribution in [1.29, 1.82) is 0 Å². The normalized spacial score (nSPS) is 24.4. The van der Waals surface area contributed by atoms with Crippen LogP contribution in [-0.4, -0.2) is 36.6 Å². The van der Waals surface area contributed by atoms with Crippen LogP contribution in [0.5, 0.6) is 0 Å². The van der Waals surface area contributed by atoms with Crippen LogP contribution in [0.2, 0.25) is 0 Å². The molecule has 0 aromatic heterocycles. The van der Waals surface area contributed by atoms with E-state index in [0.717, 1.165) is 13.0 Å². The van der Waals surface area contributed by atoms with Crippen molar-refractivity contribution < 1.29 is 14.6 Å². The van der Waals surface area contributed by atoms with Crippen LogP contribution in [0.4, 0.5) is 0 Å². The Bertz CT molecular complexity index is 200. The third-order valence-corrected chi connectivity index (χ3v) is 1.97. The van der Waals surface area contributed by atoms with Crippen LogP contribution in [0, 0.1) is 11.8 Å². The molecule has 3 heteroatoms. The molecule has 0 aliphatic carbocycles. The predicted octanol–water partition coefficient (Wildman–Crippen LogP) is 0.565. The highest BCUT2D eigenvalue weighted by Gasteiger charge is 2.31. The summed E-state index contributed by atoms with van der Waals surface area (Å²) in [5.74, 6) is 5.46. The first kappa shape index (κ1) is 10.5. The lowest BCUT2D eigenvalue weighted by Gasteiger charge is -2.14. The molecule has 1 heterocycles. The van der Waals surface area contributed by atoms with E-state index in [1.165, 1.54) is 0 Å². The SMILES string of the molecule is CCC(C#CCO)O[C@H](C)[C@@H]1CO1. The molecule has 0 spiro atoms. The van der Waals surface area contributed by atoms with Crippen LogP contribution in [0.1, 0.15) is 20.3 Å². The highest BCUT2D eigenvalue weighted by molar-refractivity contribution is 5.05. The minimum Gasteiger partial charge on any atom is -0.384 e. The Hall–Kier alpha value is -0.560. The van der Waals surface area contributed by atoms with E-state index in [2.05, 4.69) is 11.8 Å². The van der Waals surface area contributed by atoms with Gasteiger partial charge in [0.15, 0.2) is 0 Å². The lowest BCUT2D eigenvalue weighted by Crippen LogP contribution is -2.22. The van der Waals surface area contributed by atoms with Gasteiger partial charge in [-0.2, -0.15) is 0 Å². The first-order valence-corrected chi connectivity index (χ1v) is 4.64. The molecule has 1 fully saturated rings. The first-order chi connectivity index (χ1) is 6.27. The average Bonchev–Trinajstić information content (AvgIpc) is 2.94. The molecule has 1 unspecified atom stereocenters. The molecule has 74 valence electrons. The fourth-order valence-corrected chi connectivity index (χ4v) is 1.07. The zero-order chi connectivity index (χ0) is 9.68. The van der Waals surface area contributed by atoms with Gasteiger partial charge in [0, 0.05) is 0 Å². The van der Waals surface area contributed by atoms with E-state index >= 15 is 0 Å². The Morgan fingerprint density at radius 3 is 2.85 bits per heavy atom. The molecule has 0 aromatic carbocycles. The second kappa shape index (κ2) is 5.23. The molecule has 13 heavy (non-hydrogen) atoms. The van der Waals surface area contributed by atoms with Gasteiger partial charge < -0.3 is 14.6 Å².